The summed E-state index contributed by atoms with van der Waals surface area (Å²) in [4.78, 5) is 18.3. The summed E-state index contributed by atoms with van der Waals surface area (Å²) >= 11 is 0. The van der Waals surface area contributed by atoms with Crippen LogP contribution in [0.1, 0.15) is 17.3 Å². The number of rotatable bonds is 3. The summed E-state index contributed by atoms with van der Waals surface area (Å²) in [5.41, 5.74) is 5.53. The molecule has 0 fully saturated rings. The fourth-order valence-electron chi connectivity index (χ4n) is 0.713. The normalized spacial score (nSPS) is 9.87. The molecule has 1 aromatic carbocycles. The van der Waals surface area contributed by atoms with Crippen LogP contribution in [0.2, 0.25) is 0 Å². The number of benzene rings is 1. The van der Waals surface area contributed by atoms with Gasteiger partial charge in [0, 0.05) is 10.1 Å². The zero-order valence-electron chi connectivity index (χ0n) is 8.29. The van der Waals surface area contributed by atoms with Crippen molar-refractivity contribution >= 4 is 14.2 Å². The van der Waals surface area contributed by atoms with Crippen molar-refractivity contribution in [3.05, 3.63) is 35.9 Å². The Bertz CT molecular complexity index is 315. The third-order valence-corrected chi connectivity index (χ3v) is 1.78. The summed E-state index contributed by atoms with van der Waals surface area (Å²) in [6.45, 7) is 1.95. The fourth-order valence-corrected chi connectivity index (χ4v) is 0.934. The Labute approximate surface area is 88.8 Å². The summed E-state index contributed by atoms with van der Waals surface area (Å²) in [7, 11) is -2.35. The Morgan fingerprint density at radius 2 is 2.00 bits per heavy atom. The molecule has 5 nitrogen and oxygen atoms in total. The van der Waals surface area contributed by atoms with Gasteiger partial charge in [-0.25, -0.2) is 0 Å². The number of hydrogen-bond donors (Lipinski definition) is 2. The summed E-state index contributed by atoms with van der Waals surface area (Å²) < 4.78 is 13.6. The Kier molecular flexibility index (Phi) is 7.36. The molecule has 6 heteroatoms. The molecule has 1 unspecified atom stereocenters. The molecule has 1 atom stereocenters. The quantitative estimate of drug-likeness (QED) is 0.769. The third kappa shape index (κ3) is 7.76. The Morgan fingerprint density at radius 3 is 2.20 bits per heavy atom. The Morgan fingerprint density at radius 1 is 1.47 bits per heavy atom. The molecule has 0 aliphatic rings. The minimum Gasteiger partial charge on any atom is -0.366 e. The number of nitrogens with two attached hydrogens (primary N) is 1. The molecule has 0 heterocycles. The van der Waals surface area contributed by atoms with E-state index in [2.05, 4.69) is 4.52 Å². The van der Waals surface area contributed by atoms with Crippen molar-refractivity contribution in [2.45, 2.75) is 6.92 Å². The van der Waals surface area contributed by atoms with E-state index in [1.54, 1.807) is 31.2 Å². The van der Waals surface area contributed by atoms with E-state index >= 15 is 0 Å². The lowest BCUT2D eigenvalue weighted by Gasteiger charge is -1.89. The second-order valence-electron chi connectivity index (χ2n) is 2.39. The zero-order chi connectivity index (χ0) is 11.7. The first-order chi connectivity index (χ1) is 7.07. The number of carbonyl (C=O) groups excluding carboxylic acids is 1. The van der Waals surface area contributed by atoms with Crippen LogP contribution < -0.4 is 5.73 Å². The van der Waals surface area contributed by atoms with Gasteiger partial charge in [0.15, 0.2) is 0 Å². The second-order valence-corrected chi connectivity index (χ2v) is 3.12. The highest BCUT2D eigenvalue weighted by molar-refractivity contribution is 7.32. The molecule has 3 N–H and O–H groups in total. The van der Waals surface area contributed by atoms with Crippen molar-refractivity contribution in [1.82, 2.24) is 0 Å². The molecule has 0 aromatic heterocycles. The van der Waals surface area contributed by atoms with Crippen LogP contribution in [0.3, 0.4) is 0 Å². The Hall–Kier alpha value is -1.29. The molecule has 0 spiro atoms. The lowest BCUT2D eigenvalue weighted by Crippen LogP contribution is -2.09. The smallest absolute Gasteiger partial charge is 0.366 e. The third-order valence-electron chi connectivity index (χ3n) is 1.30. The molecule has 15 heavy (non-hydrogen) atoms. The molecule has 1 aromatic rings. The number of hydrogen-bond acceptors (Lipinski definition) is 3. The van der Waals surface area contributed by atoms with E-state index in [0.29, 0.717) is 12.2 Å². The van der Waals surface area contributed by atoms with Gasteiger partial charge in [0.2, 0.25) is 5.91 Å². The minimum absolute atomic E-state index is 0.297. The van der Waals surface area contributed by atoms with E-state index in [9.17, 15) is 9.36 Å². The van der Waals surface area contributed by atoms with E-state index in [4.69, 9.17) is 10.6 Å². The van der Waals surface area contributed by atoms with Gasteiger partial charge < -0.3 is 5.73 Å². The van der Waals surface area contributed by atoms with Gasteiger partial charge in [0.1, 0.15) is 6.61 Å². The lowest BCUT2D eigenvalue weighted by atomic mass is 10.2. The summed E-state index contributed by atoms with van der Waals surface area (Å²) in [6.07, 6.45) is 0. The monoisotopic (exact) mass is 230 g/mol. The second kappa shape index (κ2) is 8.05. The molecule has 1 rings (SSSR count). The standard InChI is InChI=1S/C7H7NO.C2H5O3P/c8-7(9)6-4-2-1-3-5-6;1-2-5-6(3)4/h1-5H,(H2,8,9);2H2,1H3/p+1. The number of carbonyl (C=O) groups is 1. The van der Waals surface area contributed by atoms with Gasteiger partial charge in [0.25, 0.3) is 0 Å². The summed E-state index contributed by atoms with van der Waals surface area (Å²) in [6, 6.07) is 8.76. The van der Waals surface area contributed by atoms with Gasteiger partial charge in [-0.15, -0.1) is 9.42 Å². The average Bonchev–Trinajstić information content (AvgIpc) is 2.20. The van der Waals surface area contributed by atoms with Crippen LogP contribution in [0.15, 0.2) is 30.3 Å². The lowest BCUT2D eigenvalue weighted by molar-refractivity contribution is 0.100. The van der Waals surface area contributed by atoms with Crippen LogP contribution in [0.4, 0.5) is 0 Å². The average molecular weight is 230 g/mol. The number of amides is 1. The van der Waals surface area contributed by atoms with E-state index < -0.39 is 8.25 Å². The topological polar surface area (TPSA) is 89.6 Å². The predicted octanol–water partition coefficient (Wildman–Crippen LogP) is 1.46. The molecular weight excluding hydrogens is 217 g/mol. The number of primary amides is 1. The first-order valence-electron chi connectivity index (χ1n) is 4.21. The highest BCUT2D eigenvalue weighted by atomic mass is 31.1. The van der Waals surface area contributed by atoms with Crippen LogP contribution in [0.25, 0.3) is 0 Å². The molecule has 0 radical (unpaired) electrons. The van der Waals surface area contributed by atoms with Crippen molar-refractivity contribution in [2.24, 2.45) is 5.73 Å². The summed E-state index contributed by atoms with van der Waals surface area (Å²) in [5.74, 6) is -0.379. The molecule has 0 saturated heterocycles. The SMILES string of the molecule is CCO[P+](=O)O.NC(=O)c1ccccc1. The van der Waals surface area contributed by atoms with E-state index in [-0.39, 0.29) is 5.91 Å². The van der Waals surface area contributed by atoms with E-state index in [0.717, 1.165) is 0 Å². The van der Waals surface area contributed by atoms with Gasteiger partial charge in [-0.1, -0.05) is 18.2 Å². The zero-order valence-corrected chi connectivity index (χ0v) is 9.18. The molecule has 0 saturated carbocycles. The van der Waals surface area contributed by atoms with Crippen LogP contribution >= 0.6 is 8.25 Å². The molecule has 0 aliphatic heterocycles. The van der Waals surface area contributed by atoms with Crippen LogP contribution in [-0.2, 0) is 9.09 Å². The first-order valence-corrected chi connectivity index (χ1v) is 5.34. The molecule has 82 valence electrons. The van der Waals surface area contributed by atoms with E-state index in [1.165, 1.54) is 0 Å². The largest absolute Gasteiger partial charge is 0.694 e. The van der Waals surface area contributed by atoms with Crippen LogP contribution in [-0.4, -0.2) is 17.4 Å². The van der Waals surface area contributed by atoms with Gasteiger partial charge in [-0.2, -0.15) is 0 Å². The van der Waals surface area contributed by atoms with Crippen LogP contribution in [0, 0.1) is 0 Å². The first kappa shape index (κ1) is 13.7. The molecule has 1 amide bonds. The van der Waals surface area contributed by atoms with Crippen molar-refractivity contribution in [1.29, 1.82) is 0 Å². The molecule has 0 aliphatic carbocycles. The summed E-state index contributed by atoms with van der Waals surface area (Å²) in [5, 5.41) is 0. The highest BCUT2D eigenvalue weighted by Gasteiger charge is 2.06. The van der Waals surface area contributed by atoms with Gasteiger partial charge >= 0.3 is 8.25 Å². The maximum Gasteiger partial charge on any atom is 0.694 e. The molecular formula is C9H13NO4P+. The maximum atomic E-state index is 10.4. The van der Waals surface area contributed by atoms with Gasteiger partial charge in [-0.3, -0.25) is 4.79 Å². The maximum absolute atomic E-state index is 10.4. The van der Waals surface area contributed by atoms with Crippen molar-refractivity contribution < 1.29 is 18.8 Å². The van der Waals surface area contributed by atoms with Gasteiger partial charge in [0.05, 0.1) is 0 Å². The van der Waals surface area contributed by atoms with Crippen LogP contribution in [0.5, 0.6) is 0 Å². The molecule has 0 bridgehead atoms. The minimum atomic E-state index is -2.35. The van der Waals surface area contributed by atoms with Crippen molar-refractivity contribution in [3.8, 4) is 0 Å². The van der Waals surface area contributed by atoms with E-state index in [1.807, 2.05) is 6.07 Å². The van der Waals surface area contributed by atoms with Gasteiger partial charge in [-0.05, 0) is 19.1 Å². The van der Waals surface area contributed by atoms with Crippen molar-refractivity contribution in [3.63, 3.8) is 0 Å². The predicted molar refractivity (Wildman–Crippen MR) is 56.4 cm³/mol. The Balaban J connectivity index is 0.000000288. The van der Waals surface area contributed by atoms with Crippen molar-refractivity contribution in [2.75, 3.05) is 6.61 Å². The fraction of sp³-hybridized carbons (Fsp3) is 0.222. The highest BCUT2D eigenvalue weighted by Crippen LogP contribution is 2.12.